The fourth-order valence-corrected chi connectivity index (χ4v) is 4.21. The van der Waals surface area contributed by atoms with Crippen LogP contribution in [0.5, 0.6) is 0 Å². The minimum Gasteiger partial charge on any atom is -0.360 e. The Hall–Kier alpha value is -2.04. The summed E-state index contributed by atoms with van der Waals surface area (Å²) in [6.07, 6.45) is 6.40. The Kier molecular flexibility index (Phi) is 5.11. The number of aromatic nitrogens is 1. The molecule has 1 aliphatic carbocycles. The van der Waals surface area contributed by atoms with E-state index in [4.69, 9.17) is 16.1 Å². The molecule has 27 heavy (non-hydrogen) atoms. The van der Waals surface area contributed by atoms with Crippen LogP contribution in [0.25, 0.3) is 0 Å². The van der Waals surface area contributed by atoms with E-state index in [1.807, 2.05) is 25.1 Å². The van der Waals surface area contributed by atoms with E-state index in [1.54, 1.807) is 24.0 Å². The Labute approximate surface area is 168 Å². The lowest BCUT2D eigenvalue weighted by Crippen LogP contribution is -2.09. The van der Waals surface area contributed by atoms with Crippen LogP contribution in [0.1, 0.15) is 57.1 Å². The van der Waals surface area contributed by atoms with Crippen LogP contribution in [-0.2, 0) is 6.42 Å². The largest absolute Gasteiger partial charge is 0.360 e. The van der Waals surface area contributed by atoms with Crippen LogP contribution < -0.4 is 0 Å². The Morgan fingerprint density at radius 3 is 2.74 bits per heavy atom. The van der Waals surface area contributed by atoms with Gasteiger partial charge in [-0.15, -0.1) is 11.8 Å². The summed E-state index contributed by atoms with van der Waals surface area (Å²) >= 11 is 8.11. The molecule has 0 spiro atoms. The highest BCUT2D eigenvalue weighted by Gasteiger charge is 2.33. The summed E-state index contributed by atoms with van der Waals surface area (Å²) in [5, 5.41) is 4.56. The summed E-state index contributed by atoms with van der Waals surface area (Å²) in [4.78, 5) is 14.5. The quantitative estimate of drug-likeness (QED) is 0.374. The molecule has 1 aliphatic rings. The highest BCUT2D eigenvalue weighted by Crippen LogP contribution is 2.42. The van der Waals surface area contributed by atoms with Crippen LogP contribution in [-0.4, -0.2) is 17.2 Å². The second kappa shape index (κ2) is 7.53. The molecular weight excluding hydrogens is 378 g/mol. The van der Waals surface area contributed by atoms with Crippen molar-refractivity contribution in [2.24, 2.45) is 0 Å². The number of nitrogens with zero attached hydrogens (tertiary/aromatic N) is 1. The first-order valence-corrected chi connectivity index (χ1v) is 10.6. The number of ketones is 1. The zero-order chi connectivity index (χ0) is 19.0. The van der Waals surface area contributed by atoms with Crippen LogP contribution in [0.4, 0.5) is 0 Å². The maximum atomic E-state index is 13.3. The van der Waals surface area contributed by atoms with Gasteiger partial charge in [0.25, 0.3) is 0 Å². The number of rotatable bonds is 6. The summed E-state index contributed by atoms with van der Waals surface area (Å²) < 4.78 is 5.38. The third kappa shape index (κ3) is 3.56. The molecule has 4 rings (SSSR count). The molecule has 0 amide bonds. The van der Waals surface area contributed by atoms with Crippen LogP contribution in [0, 0.1) is 6.92 Å². The molecule has 0 unspecified atom stereocenters. The Morgan fingerprint density at radius 1 is 1.22 bits per heavy atom. The molecule has 0 bridgehead atoms. The van der Waals surface area contributed by atoms with E-state index >= 15 is 0 Å². The second-order valence-corrected chi connectivity index (χ2v) is 8.15. The van der Waals surface area contributed by atoms with Crippen molar-refractivity contribution in [1.82, 2.24) is 5.16 Å². The zero-order valence-corrected chi connectivity index (χ0v) is 16.9. The molecular formula is C22H20ClNO2S. The van der Waals surface area contributed by atoms with Gasteiger partial charge in [0, 0.05) is 21.4 Å². The van der Waals surface area contributed by atoms with Gasteiger partial charge in [-0.25, -0.2) is 0 Å². The van der Waals surface area contributed by atoms with Crippen molar-refractivity contribution in [2.45, 2.75) is 37.0 Å². The molecule has 1 saturated carbocycles. The Balaban J connectivity index is 1.78. The lowest BCUT2D eigenvalue weighted by atomic mass is 9.91. The van der Waals surface area contributed by atoms with Crippen LogP contribution in [0.3, 0.4) is 0 Å². The topological polar surface area (TPSA) is 43.1 Å². The van der Waals surface area contributed by atoms with E-state index in [-0.39, 0.29) is 5.78 Å². The molecule has 0 radical (unpaired) electrons. The average molecular weight is 398 g/mol. The van der Waals surface area contributed by atoms with Gasteiger partial charge in [0.1, 0.15) is 0 Å². The highest BCUT2D eigenvalue weighted by atomic mass is 35.5. The SMILES string of the molecule is CSc1ccccc1Cc1c(C(=O)c2cnoc2C2CC2)ccc(Cl)c1C. The summed E-state index contributed by atoms with van der Waals surface area (Å²) in [6, 6.07) is 11.9. The molecule has 0 saturated heterocycles. The van der Waals surface area contributed by atoms with Gasteiger partial charge in [0.05, 0.1) is 11.8 Å². The predicted octanol–water partition coefficient (Wildman–Crippen LogP) is 6.06. The monoisotopic (exact) mass is 397 g/mol. The van der Waals surface area contributed by atoms with Gasteiger partial charge in [0.15, 0.2) is 11.5 Å². The van der Waals surface area contributed by atoms with Gasteiger partial charge in [-0.05, 0) is 67.3 Å². The molecule has 2 aromatic carbocycles. The van der Waals surface area contributed by atoms with E-state index in [1.165, 1.54) is 10.5 Å². The van der Waals surface area contributed by atoms with Gasteiger partial charge in [-0.1, -0.05) is 35.0 Å². The first-order chi connectivity index (χ1) is 13.1. The van der Waals surface area contributed by atoms with Crippen molar-refractivity contribution < 1.29 is 9.32 Å². The van der Waals surface area contributed by atoms with Crippen LogP contribution in [0.15, 0.2) is 52.0 Å². The summed E-state index contributed by atoms with van der Waals surface area (Å²) in [5.41, 5.74) is 4.37. The summed E-state index contributed by atoms with van der Waals surface area (Å²) in [7, 11) is 0. The highest BCUT2D eigenvalue weighted by molar-refractivity contribution is 7.98. The number of carbonyl (C=O) groups excluding carboxylic acids is 1. The maximum absolute atomic E-state index is 13.3. The molecule has 1 aromatic heterocycles. The third-order valence-electron chi connectivity index (χ3n) is 5.13. The second-order valence-electron chi connectivity index (χ2n) is 6.89. The molecule has 0 aliphatic heterocycles. The lowest BCUT2D eigenvalue weighted by Gasteiger charge is -2.15. The van der Waals surface area contributed by atoms with Gasteiger partial charge in [-0.3, -0.25) is 4.79 Å². The molecule has 1 heterocycles. The van der Waals surface area contributed by atoms with Crippen molar-refractivity contribution in [1.29, 1.82) is 0 Å². The van der Waals surface area contributed by atoms with E-state index in [0.29, 0.717) is 28.5 Å². The minimum absolute atomic E-state index is 0.0328. The number of carbonyl (C=O) groups is 1. The smallest absolute Gasteiger partial charge is 0.198 e. The first-order valence-electron chi connectivity index (χ1n) is 8.99. The van der Waals surface area contributed by atoms with Crippen molar-refractivity contribution in [3.8, 4) is 0 Å². The normalized spacial score (nSPS) is 13.7. The van der Waals surface area contributed by atoms with Gasteiger partial charge in [-0.2, -0.15) is 0 Å². The van der Waals surface area contributed by atoms with Gasteiger partial charge < -0.3 is 4.52 Å². The molecule has 1 fully saturated rings. The fourth-order valence-electron chi connectivity index (χ4n) is 3.41. The number of thioether (sulfide) groups is 1. The molecule has 138 valence electrons. The van der Waals surface area contributed by atoms with Crippen molar-refractivity contribution in [2.75, 3.05) is 6.26 Å². The van der Waals surface area contributed by atoms with E-state index in [0.717, 1.165) is 29.7 Å². The average Bonchev–Trinajstić information content (AvgIpc) is 3.42. The number of benzene rings is 2. The van der Waals surface area contributed by atoms with Gasteiger partial charge in [0.2, 0.25) is 0 Å². The number of hydrogen-bond acceptors (Lipinski definition) is 4. The molecule has 3 aromatic rings. The van der Waals surface area contributed by atoms with Crippen molar-refractivity contribution >= 4 is 29.1 Å². The third-order valence-corrected chi connectivity index (χ3v) is 6.38. The van der Waals surface area contributed by atoms with Crippen LogP contribution in [0.2, 0.25) is 5.02 Å². The molecule has 0 atom stereocenters. The van der Waals surface area contributed by atoms with E-state index < -0.39 is 0 Å². The van der Waals surface area contributed by atoms with Gasteiger partial charge >= 0.3 is 0 Å². The fraction of sp³-hybridized carbons (Fsp3) is 0.273. The standard InChI is InChI=1S/C22H20ClNO2S/c1-13-17(11-15-5-3-4-6-20(15)27-2)16(9-10-19(13)23)21(25)18-12-24-26-22(18)14-7-8-14/h3-6,9-10,12,14H,7-8,11H2,1-2H3. The zero-order valence-electron chi connectivity index (χ0n) is 15.3. The van der Waals surface area contributed by atoms with Crippen molar-refractivity contribution in [3.63, 3.8) is 0 Å². The number of hydrogen-bond donors (Lipinski definition) is 0. The lowest BCUT2D eigenvalue weighted by molar-refractivity contribution is 0.103. The Morgan fingerprint density at radius 2 is 2.00 bits per heavy atom. The Bertz CT molecular complexity index is 1010. The summed E-state index contributed by atoms with van der Waals surface area (Å²) in [5.74, 6) is 1.03. The number of halogens is 1. The summed E-state index contributed by atoms with van der Waals surface area (Å²) in [6.45, 7) is 1.98. The van der Waals surface area contributed by atoms with Crippen LogP contribution >= 0.6 is 23.4 Å². The van der Waals surface area contributed by atoms with E-state index in [2.05, 4.69) is 23.5 Å². The molecule has 3 nitrogen and oxygen atoms in total. The molecule has 5 heteroatoms. The van der Waals surface area contributed by atoms with Crippen molar-refractivity contribution in [3.05, 3.63) is 81.2 Å². The van der Waals surface area contributed by atoms with E-state index in [9.17, 15) is 4.79 Å². The first kappa shape index (κ1) is 18.3. The maximum Gasteiger partial charge on any atom is 0.198 e. The minimum atomic E-state index is -0.0328. The molecule has 0 N–H and O–H groups in total. The predicted molar refractivity (Wildman–Crippen MR) is 109 cm³/mol.